The molecule has 0 spiro atoms. The summed E-state index contributed by atoms with van der Waals surface area (Å²) < 4.78 is -0.173. The Balaban J connectivity index is 2.45. The molecule has 4 heteroatoms. The molecule has 2 rings (SSSR count). The summed E-state index contributed by atoms with van der Waals surface area (Å²) >= 11 is 4.90. The van der Waals surface area contributed by atoms with E-state index in [-0.39, 0.29) is 18.3 Å². The monoisotopic (exact) mass is 494 g/mol. The molecule has 0 fully saturated rings. The number of halogens is 2. The second kappa shape index (κ2) is 5.71. The summed E-state index contributed by atoms with van der Waals surface area (Å²) in [5, 5.41) is 18.9. The van der Waals surface area contributed by atoms with Crippen molar-refractivity contribution in [2.45, 2.75) is 20.7 Å². The van der Waals surface area contributed by atoms with E-state index in [9.17, 15) is 10.2 Å². The molecule has 2 aromatic rings. The lowest BCUT2D eigenvalue weighted by molar-refractivity contribution is 0.469. The number of phenolic OH excluding ortho intramolecular Hbond substituents is 2. The molecule has 0 saturated heterocycles. The van der Waals surface area contributed by atoms with Gasteiger partial charge in [0.2, 0.25) is 0 Å². The van der Waals surface area contributed by atoms with Crippen molar-refractivity contribution in [3.05, 3.63) is 59.7 Å². The van der Waals surface area contributed by atoms with E-state index < -0.39 is 0 Å². The maximum atomic E-state index is 9.44. The van der Waals surface area contributed by atoms with E-state index in [4.69, 9.17) is 0 Å². The summed E-state index contributed by atoms with van der Waals surface area (Å²) in [6.07, 6.45) is 0. The number of aromatic hydroxyl groups is 2. The summed E-state index contributed by atoms with van der Waals surface area (Å²) in [6, 6.07) is 14.7. The number of alkyl halides is 2. The molecule has 2 N–H and O–H groups in total. The second-order valence-electron chi connectivity index (χ2n) is 5.29. The Hall–Kier alpha value is -0.500. The maximum Gasteiger partial charge on any atom is 0.115 e. The van der Waals surface area contributed by atoms with Gasteiger partial charge >= 0.3 is 0 Å². The van der Waals surface area contributed by atoms with Gasteiger partial charge in [-0.25, -0.2) is 0 Å². The van der Waals surface area contributed by atoms with E-state index in [1.165, 1.54) is 0 Å². The topological polar surface area (TPSA) is 40.5 Å². The van der Waals surface area contributed by atoms with Gasteiger partial charge in [-0.15, -0.1) is 0 Å². The van der Waals surface area contributed by atoms with E-state index in [0.717, 1.165) is 11.1 Å². The third-order valence-corrected chi connectivity index (χ3v) is 7.55. The Kier molecular flexibility index (Phi) is 4.53. The Morgan fingerprint density at radius 3 is 1.45 bits per heavy atom. The van der Waals surface area contributed by atoms with Crippen molar-refractivity contribution in [2.75, 3.05) is 0 Å². The summed E-state index contributed by atoms with van der Waals surface area (Å²) in [6.45, 7) is 4.37. The van der Waals surface area contributed by atoms with Crippen LogP contribution in [-0.4, -0.2) is 10.2 Å². The minimum Gasteiger partial charge on any atom is -0.508 e. The van der Waals surface area contributed by atoms with E-state index in [1.807, 2.05) is 24.3 Å². The van der Waals surface area contributed by atoms with Crippen molar-refractivity contribution >= 4 is 45.2 Å². The Morgan fingerprint density at radius 1 is 0.700 bits per heavy atom. The van der Waals surface area contributed by atoms with Crippen LogP contribution in [0.25, 0.3) is 0 Å². The predicted octanol–water partition coefficient (Wildman–Crippen LogP) is 5.10. The highest BCUT2D eigenvalue weighted by atomic mass is 127. The first-order chi connectivity index (χ1) is 9.25. The van der Waals surface area contributed by atoms with Gasteiger partial charge in [0.1, 0.15) is 12.9 Å². The first kappa shape index (κ1) is 15.9. The van der Waals surface area contributed by atoms with E-state index >= 15 is 0 Å². The van der Waals surface area contributed by atoms with Gasteiger partial charge in [0.05, 0.1) is 0 Å². The summed E-state index contributed by atoms with van der Waals surface area (Å²) in [7, 11) is 0. The molecular weight excluding hydrogens is 478 g/mol. The molecule has 0 unspecified atom stereocenters. The lowest BCUT2D eigenvalue weighted by atomic mass is 9.79. The minimum absolute atomic E-state index is 0.140. The molecule has 0 radical (unpaired) electrons. The first-order valence-electron chi connectivity index (χ1n) is 6.22. The molecule has 0 bridgehead atoms. The van der Waals surface area contributed by atoms with Gasteiger partial charge < -0.3 is 10.2 Å². The van der Waals surface area contributed by atoms with E-state index in [0.29, 0.717) is 0 Å². The van der Waals surface area contributed by atoms with Gasteiger partial charge in [-0.05, 0) is 35.4 Å². The highest BCUT2D eigenvalue weighted by Crippen LogP contribution is 2.54. The van der Waals surface area contributed by atoms with Crippen LogP contribution in [0.1, 0.15) is 25.0 Å². The fourth-order valence-electron chi connectivity index (χ4n) is 2.09. The Bertz CT molecular complexity index is 531. The molecule has 0 aliphatic heterocycles. The highest BCUT2D eigenvalue weighted by Gasteiger charge is 2.43. The second-order valence-corrected chi connectivity index (χ2v) is 10.6. The van der Waals surface area contributed by atoms with Crippen LogP contribution in [0.4, 0.5) is 0 Å². The number of phenols is 2. The van der Waals surface area contributed by atoms with Crippen molar-refractivity contribution in [1.82, 2.24) is 0 Å². The van der Waals surface area contributed by atoms with Crippen LogP contribution in [0.15, 0.2) is 48.5 Å². The number of hydrogen-bond acceptors (Lipinski definition) is 2. The molecule has 20 heavy (non-hydrogen) atoms. The lowest BCUT2D eigenvalue weighted by Gasteiger charge is -2.39. The fraction of sp³-hybridized carbons (Fsp3) is 0.250. The van der Waals surface area contributed by atoms with Crippen molar-refractivity contribution in [2.24, 2.45) is 0 Å². The zero-order valence-corrected chi connectivity index (χ0v) is 15.6. The molecular formula is C16H16I2O2. The smallest absolute Gasteiger partial charge is 0.115 e. The average Bonchev–Trinajstić information content (AvgIpc) is 2.39. The molecule has 0 aliphatic carbocycles. The van der Waals surface area contributed by atoms with Gasteiger partial charge in [0.25, 0.3) is 0 Å². The fourth-order valence-corrected chi connectivity index (χ4v) is 3.43. The molecule has 0 saturated carbocycles. The third-order valence-electron chi connectivity index (χ3n) is 3.60. The Labute approximate surface area is 146 Å². The lowest BCUT2D eigenvalue weighted by Crippen LogP contribution is -2.35. The molecule has 0 aliphatic rings. The van der Waals surface area contributed by atoms with Crippen LogP contribution in [0, 0.1) is 0 Å². The van der Waals surface area contributed by atoms with Crippen molar-refractivity contribution in [3.8, 4) is 11.5 Å². The summed E-state index contributed by atoms with van der Waals surface area (Å²) in [4.78, 5) is 0. The number of hydrogen-bond donors (Lipinski definition) is 2. The predicted molar refractivity (Wildman–Crippen MR) is 99.0 cm³/mol. The van der Waals surface area contributed by atoms with Gasteiger partial charge in [-0.3, -0.25) is 0 Å². The highest BCUT2D eigenvalue weighted by molar-refractivity contribution is 14.2. The molecule has 0 amide bonds. The van der Waals surface area contributed by atoms with Gasteiger partial charge in [0.15, 0.2) is 0 Å². The summed E-state index contributed by atoms with van der Waals surface area (Å²) in [5.41, 5.74) is 2.17. The quantitative estimate of drug-likeness (QED) is 0.461. The maximum absolute atomic E-state index is 9.44. The minimum atomic E-state index is -0.173. The largest absolute Gasteiger partial charge is 0.508 e. The average molecular weight is 494 g/mol. The van der Waals surface area contributed by atoms with Crippen LogP contribution in [-0.2, 0) is 6.84 Å². The molecule has 2 nitrogen and oxygen atoms in total. The standard InChI is InChI=1S/C16H16I2O2/c1-15(2,11-3-7-13(19)8-4-11)16(17,18)12-5-9-14(20)10-6-12/h3-10,19-20H,1-2H3. The third kappa shape index (κ3) is 2.90. The van der Waals surface area contributed by atoms with Crippen LogP contribution >= 0.6 is 45.2 Å². The van der Waals surface area contributed by atoms with Gasteiger partial charge in [-0.1, -0.05) is 83.3 Å². The number of rotatable bonds is 3. The van der Waals surface area contributed by atoms with Crippen LogP contribution in [0.2, 0.25) is 0 Å². The van der Waals surface area contributed by atoms with Crippen molar-refractivity contribution in [3.63, 3.8) is 0 Å². The van der Waals surface area contributed by atoms with Crippen molar-refractivity contribution < 1.29 is 10.2 Å². The van der Waals surface area contributed by atoms with E-state index in [2.05, 4.69) is 59.0 Å². The van der Waals surface area contributed by atoms with Gasteiger partial charge in [0, 0.05) is 5.41 Å². The zero-order valence-electron chi connectivity index (χ0n) is 11.3. The first-order valence-corrected chi connectivity index (χ1v) is 8.38. The van der Waals surface area contributed by atoms with Crippen LogP contribution < -0.4 is 0 Å². The molecule has 0 atom stereocenters. The van der Waals surface area contributed by atoms with Gasteiger partial charge in [-0.2, -0.15) is 0 Å². The van der Waals surface area contributed by atoms with Crippen LogP contribution in [0.3, 0.4) is 0 Å². The summed E-state index contributed by atoms with van der Waals surface area (Å²) in [5.74, 6) is 0.557. The SMILES string of the molecule is CC(C)(c1ccc(O)cc1)C(I)(I)c1ccc(O)cc1. The Morgan fingerprint density at radius 2 is 1.05 bits per heavy atom. The number of benzene rings is 2. The zero-order chi connectivity index (χ0) is 15.0. The molecule has 0 aromatic heterocycles. The molecule has 2 aromatic carbocycles. The van der Waals surface area contributed by atoms with Crippen molar-refractivity contribution in [1.29, 1.82) is 0 Å². The normalized spacial score (nSPS) is 12.4. The van der Waals surface area contributed by atoms with Crippen LogP contribution in [0.5, 0.6) is 11.5 Å². The molecule has 0 heterocycles. The van der Waals surface area contributed by atoms with E-state index in [1.54, 1.807) is 24.3 Å². The molecule has 106 valence electrons.